The third-order valence-corrected chi connectivity index (χ3v) is 25.9. The Hall–Kier alpha value is 0.229. The quantitative estimate of drug-likeness (QED) is 0.216. The standard InChI is InChI=1S/C18H30NO2.3C4H9.Sn/c1-10(2)15-12(4)16(20)19-17(15)21-14-9-11(3)7-8-13(14)18(19,5)6;3*1-3-4-2;/h10-15,17H,4,7-9H2,1-3,5-6H3;3*1,3-4H2,2H3;/t11-,12+,13-,14-,15-,17+;;;;/m1..../s1. The van der Waals surface area contributed by atoms with Crippen molar-refractivity contribution in [2.24, 2.45) is 29.6 Å². The summed E-state index contributed by atoms with van der Waals surface area (Å²) in [4.78, 5) is 16.7. The molecule has 6 atom stereocenters. The molecule has 2 saturated heterocycles. The molecule has 0 N–H and O–H groups in total. The molecule has 1 aliphatic carbocycles. The number of rotatable bonds is 12. The molecule has 1 saturated carbocycles. The van der Waals surface area contributed by atoms with Crippen LogP contribution in [0.3, 0.4) is 0 Å². The predicted octanol–water partition coefficient (Wildman–Crippen LogP) is 8.51. The maximum absolute atomic E-state index is 14.4. The second kappa shape index (κ2) is 12.2. The zero-order valence-electron chi connectivity index (χ0n) is 24.0. The van der Waals surface area contributed by atoms with Crippen LogP contribution in [-0.4, -0.2) is 47.1 Å². The number of amides is 1. The minimum atomic E-state index is -2.45. The van der Waals surface area contributed by atoms with E-state index in [1.54, 1.807) is 0 Å². The second-order valence-electron chi connectivity index (χ2n) is 13.4. The van der Waals surface area contributed by atoms with Crippen LogP contribution in [0.4, 0.5) is 0 Å². The molecular weight excluding hydrogens is 525 g/mol. The molecule has 3 nitrogen and oxygen atoms in total. The van der Waals surface area contributed by atoms with Crippen LogP contribution in [0.1, 0.15) is 113 Å². The molecule has 0 unspecified atom stereocenters. The summed E-state index contributed by atoms with van der Waals surface area (Å²) in [5.41, 5.74) is -0.0822. The average molecular weight is 583 g/mol. The number of hydrogen-bond acceptors (Lipinski definition) is 2. The number of fused-ring (bicyclic) bond motifs is 2. The number of carbonyl (C=O) groups is 1. The van der Waals surface area contributed by atoms with Gasteiger partial charge in [0.05, 0.1) is 0 Å². The van der Waals surface area contributed by atoms with Crippen molar-refractivity contribution >= 4 is 24.3 Å². The van der Waals surface area contributed by atoms with Crippen LogP contribution in [0.25, 0.3) is 0 Å². The molecule has 3 fully saturated rings. The number of carbonyl (C=O) groups excluding carboxylic acids is 1. The molecular formula is C30H57NO2Sn. The average Bonchev–Trinajstić information content (AvgIpc) is 3.06. The van der Waals surface area contributed by atoms with E-state index in [2.05, 4.69) is 60.3 Å². The van der Waals surface area contributed by atoms with Crippen LogP contribution in [0.5, 0.6) is 0 Å². The van der Waals surface area contributed by atoms with Gasteiger partial charge in [0.2, 0.25) is 0 Å². The van der Waals surface area contributed by atoms with E-state index in [4.69, 9.17) is 4.74 Å². The third-order valence-electron chi connectivity index (χ3n) is 10.1. The molecule has 4 heteroatoms. The van der Waals surface area contributed by atoms with Gasteiger partial charge in [-0.15, -0.1) is 0 Å². The van der Waals surface area contributed by atoms with Gasteiger partial charge in [-0.05, 0) is 0 Å². The van der Waals surface area contributed by atoms with Crippen LogP contribution in [0, 0.1) is 29.6 Å². The van der Waals surface area contributed by atoms with Crippen LogP contribution < -0.4 is 0 Å². The van der Waals surface area contributed by atoms with E-state index >= 15 is 0 Å². The van der Waals surface area contributed by atoms with Crippen LogP contribution in [0.2, 0.25) is 17.7 Å². The molecule has 3 rings (SSSR count). The molecule has 1 amide bonds. The van der Waals surface area contributed by atoms with Crippen molar-refractivity contribution in [3.05, 3.63) is 0 Å². The third kappa shape index (κ3) is 5.86. The molecule has 3 aliphatic rings. The van der Waals surface area contributed by atoms with Crippen molar-refractivity contribution in [2.45, 2.75) is 149 Å². The summed E-state index contributed by atoms with van der Waals surface area (Å²) in [5.74, 6) is 2.77. The maximum atomic E-state index is 14.4. The minimum absolute atomic E-state index is 0.00608. The van der Waals surface area contributed by atoms with Gasteiger partial charge in [0.25, 0.3) is 0 Å². The SMILES string of the molecule is CCC[CH2][Sn]([CH2]CCC)([CH2]CCC)[CH2][C@@H]1C(=O)N2[C@@H](O[C@@H]3C[C@H](C)CC[C@H]3C2(C)C)[C@@H]1C(C)C. The Morgan fingerprint density at radius 3 is 2.06 bits per heavy atom. The van der Waals surface area contributed by atoms with Crippen LogP contribution >= 0.6 is 0 Å². The molecule has 198 valence electrons. The van der Waals surface area contributed by atoms with Gasteiger partial charge in [0.1, 0.15) is 0 Å². The van der Waals surface area contributed by atoms with E-state index in [0.29, 0.717) is 29.8 Å². The van der Waals surface area contributed by atoms with Crippen molar-refractivity contribution < 1.29 is 9.53 Å². The number of hydrogen-bond donors (Lipinski definition) is 0. The van der Waals surface area contributed by atoms with E-state index in [-0.39, 0.29) is 17.7 Å². The van der Waals surface area contributed by atoms with E-state index in [9.17, 15) is 4.79 Å². The van der Waals surface area contributed by atoms with E-state index < -0.39 is 18.4 Å². The predicted molar refractivity (Wildman–Crippen MR) is 148 cm³/mol. The molecule has 0 aromatic heterocycles. The van der Waals surface area contributed by atoms with Gasteiger partial charge in [-0.25, -0.2) is 0 Å². The summed E-state index contributed by atoms with van der Waals surface area (Å²) in [7, 11) is 0. The summed E-state index contributed by atoms with van der Waals surface area (Å²) in [6.07, 6.45) is 12.1. The summed E-state index contributed by atoms with van der Waals surface area (Å²) < 4.78 is 12.8. The van der Waals surface area contributed by atoms with Crippen molar-refractivity contribution in [3.8, 4) is 0 Å². The van der Waals surface area contributed by atoms with Crippen LogP contribution in [-0.2, 0) is 9.53 Å². The Morgan fingerprint density at radius 2 is 1.56 bits per heavy atom. The summed E-state index contributed by atoms with van der Waals surface area (Å²) in [5, 5.41) is 0. The Balaban J connectivity index is 1.95. The molecule has 0 radical (unpaired) electrons. The number of unbranched alkanes of at least 4 members (excludes halogenated alkanes) is 3. The monoisotopic (exact) mass is 583 g/mol. The molecule has 2 heterocycles. The molecule has 0 bridgehead atoms. The Kier molecular flexibility index (Phi) is 10.3. The topological polar surface area (TPSA) is 29.5 Å². The molecule has 34 heavy (non-hydrogen) atoms. The molecule has 2 aliphatic heterocycles. The zero-order valence-corrected chi connectivity index (χ0v) is 26.9. The van der Waals surface area contributed by atoms with Crippen molar-refractivity contribution in [1.82, 2.24) is 4.90 Å². The fourth-order valence-electron chi connectivity index (χ4n) is 8.07. The first-order chi connectivity index (χ1) is 16.1. The molecule has 0 aromatic rings. The van der Waals surface area contributed by atoms with Crippen molar-refractivity contribution in [3.63, 3.8) is 0 Å². The summed E-state index contributed by atoms with van der Waals surface area (Å²) >= 11 is -2.45. The van der Waals surface area contributed by atoms with Crippen molar-refractivity contribution in [2.75, 3.05) is 0 Å². The number of nitrogens with zero attached hydrogens (tertiary/aromatic N) is 1. The van der Waals surface area contributed by atoms with Gasteiger partial charge < -0.3 is 0 Å². The Labute approximate surface area is 216 Å². The summed E-state index contributed by atoms with van der Waals surface area (Å²) in [6.45, 7) is 18.9. The van der Waals surface area contributed by atoms with Crippen molar-refractivity contribution in [1.29, 1.82) is 0 Å². The van der Waals surface area contributed by atoms with Gasteiger partial charge in [0.15, 0.2) is 0 Å². The summed E-state index contributed by atoms with van der Waals surface area (Å²) in [6, 6.07) is 0. The zero-order chi connectivity index (χ0) is 25.1. The first-order valence-electron chi connectivity index (χ1n) is 15.1. The first-order valence-corrected chi connectivity index (χ1v) is 23.2. The van der Waals surface area contributed by atoms with Crippen LogP contribution in [0.15, 0.2) is 0 Å². The van der Waals surface area contributed by atoms with E-state index in [1.807, 2.05) is 0 Å². The molecule has 0 aromatic carbocycles. The molecule has 0 spiro atoms. The van der Waals surface area contributed by atoms with Gasteiger partial charge in [-0.1, -0.05) is 0 Å². The normalized spacial score (nSPS) is 33.3. The van der Waals surface area contributed by atoms with Gasteiger partial charge in [-0.2, -0.15) is 0 Å². The van der Waals surface area contributed by atoms with E-state index in [0.717, 1.165) is 5.92 Å². The fraction of sp³-hybridized carbons (Fsp3) is 0.967. The Bertz CT molecular complexity index is 640. The first kappa shape index (κ1) is 28.8. The Morgan fingerprint density at radius 1 is 1.00 bits per heavy atom. The number of ether oxygens (including phenoxy) is 1. The van der Waals surface area contributed by atoms with Gasteiger partial charge >= 0.3 is 217 Å². The second-order valence-corrected chi connectivity index (χ2v) is 27.4. The van der Waals surface area contributed by atoms with E-state index in [1.165, 1.54) is 75.5 Å². The fourth-order valence-corrected chi connectivity index (χ4v) is 25.3. The van der Waals surface area contributed by atoms with Gasteiger partial charge in [-0.3, -0.25) is 0 Å². The van der Waals surface area contributed by atoms with Gasteiger partial charge in [0, 0.05) is 0 Å².